The van der Waals surface area contributed by atoms with E-state index >= 15 is 0 Å². The van der Waals surface area contributed by atoms with Crippen LogP contribution in [-0.4, -0.2) is 12.1 Å². The van der Waals surface area contributed by atoms with Crippen LogP contribution in [0, 0.1) is 17.8 Å². The van der Waals surface area contributed by atoms with E-state index in [-0.39, 0.29) is 5.54 Å². The summed E-state index contributed by atoms with van der Waals surface area (Å²) in [6.45, 7) is 12.7. The quantitative estimate of drug-likeness (QED) is 0.728. The van der Waals surface area contributed by atoms with E-state index in [2.05, 4.69) is 39.9 Å². The van der Waals surface area contributed by atoms with Crippen LogP contribution >= 0.6 is 0 Å². The third-order valence-electron chi connectivity index (χ3n) is 3.48. The van der Waals surface area contributed by atoms with Crippen LogP contribution in [0.1, 0.15) is 53.9 Å². The molecule has 1 aliphatic rings. The molecule has 84 valence electrons. The van der Waals surface area contributed by atoms with Crippen molar-refractivity contribution in [3.63, 3.8) is 0 Å². The Balaban J connectivity index is 2.35. The van der Waals surface area contributed by atoms with E-state index in [0.29, 0.717) is 0 Å². The van der Waals surface area contributed by atoms with Gasteiger partial charge in [-0.25, -0.2) is 0 Å². The SMILES string of the molecule is CC(C)C(CNC(C)(C)C)C1CCC1. The van der Waals surface area contributed by atoms with Crippen molar-refractivity contribution in [1.82, 2.24) is 5.32 Å². The first-order valence-corrected chi connectivity index (χ1v) is 6.15. The van der Waals surface area contributed by atoms with Crippen LogP contribution in [0.25, 0.3) is 0 Å². The summed E-state index contributed by atoms with van der Waals surface area (Å²) in [5.41, 5.74) is 0.275. The summed E-state index contributed by atoms with van der Waals surface area (Å²) in [5.74, 6) is 2.72. The van der Waals surface area contributed by atoms with Gasteiger partial charge in [0, 0.05) is 5.54 Å². The van der Waals surface area contributed by atoms with E-state index in [0.717, 1.165) is 17.8 Å². The standard InChI is InChI=1S/C13H27N/c1-10(2)12(11-7-6-8-11)9-14-13(3,4)5/h10-12,14H,6-9H2,1-5H3. The van der Waals surface area contributed by atoms with Gasteiger partial charge in [0.05, 0.1) is 0 Å². The van der Waals surface area contributed by atoms with E-state index in [1.54, 1.807) is 0 Å². The highest BCUT2D eigenvalue weighted by atomic mass is 14.9. The van der Waals surface area contributed by atoms with Gasteiger partial charge in [0.15, 0.2) is 0 Å². The molecule has 1 saturated carbocycles. The van der Waals surface area contributed by atoms with Crippen LogP contribution in [0.2, 0.25) is 0 Å². The molecule has 0 aliphatic heterocycles. The van der Waals surface area contributed by atoms with Crippen molar-refractivity contribution in [1.29, 1.82) is 0 Å². The Bertz CT molecular complexity index is 163. The van der Waals surface area contributed by atoms with Crippen LogP contribution in [-0.2, 0) is 0 Å². The van der Waals surface area contributed by atoms with Crippen LogP contribution in [0.5, 0.6) is 0 Å². The van der Waals surface area contributed by atoms with Crippen LogP contribution < -0.4 is 5.32 Å². The fraction of sp³-hybridized carbons (Fsp3) is 1.00. The maximum Gasteiger partial charge on any atom is 0.00966 e. The molecule has 1 unspecified atom stereocenters. The Kier molecular flexibility index (Phi) is 4.00. The lowest BCUT2D eigenvalue weighted by atomic mass is 9.71. The molecule has 0 radical (unpaired) electrons. The Morgan fingerprint density at radius 3 is 2.07 bits per heavy atom. The normalized spacial score (nSPS) is 21.0. The molecule has 1 nitrogen and oxygen atoms in total. The lowest BCUT2D eigenvalue weighted by Crippen LogP contribution is -2.43. The minimum atomic E-state index is 0.275. The van der Waals surface area contributed by atoms with Crippen molar-refractivity contribution in [2.45, 2.75) is 59.4 Å². The van der Waals surface area contributed by atoms with Crippen molar-refractivity contribution in [2.24, 2.45) is 17.8 Å². The fourth-order valence-corrected chi connectivity index (χ4v) is 2.24. The predicted octanol–water partition coefficient (Wildman–Crippen LogP) is 3.45. The van der Waals surface area contributed by atoms with Gasteiger partial charge in [-0.3, -0.25) is 0 Å². The largest absolute Gasteiger partial charge is 0.312 e. The zero-order chi connectivity index (χ0) is 10.8. The van der Waals surface area contributed by atoms with Crippen molar-refractivity contribution in [3.05, 3.63) is 0 Å². The average molecular weight is 197 g/mol. The van der Waals surface area contributed by atoms with E-state index in [1.807, 2.05) is 0 Å². The third-order valence-corrected chi connectivity index (χ3v) is 3.48. The molecular formula is C13H27N. The molecule has 1 fully saturated rings. The molecule has 0 spiro atoms. The monoisotopic (exact) mass is 197 g/mol. The second kappa shape index (κ2) is 4.65. The maximum atomic E-state index is 3.65. The molecule has 0 aromatic rings. The molecule has 0 amide bonds. The van der Waals surface area contributed by atoms with Gasteiger partial charge in [0.25, 0.3) is 0 Å². The average Bonchev–Trinajstić information content (AvgIpc) is 1.90. The number of hydrogen-bond donors (Lipinski definition) is 1. The van der Waals surface area contributed by atoms with Gasteiger partial charge in [-0.05, 0) is 45.1 Å². The molecular weight excluding hydrogens is 170 g/mol. The van der Waals surface area contributed by atoms with Gasteiger partial charge in [0.2, 0.25) is 0 Å². The molecule has 1 N–H and O–H groups in total. The zero-order valence-corrected chi connectivity index (χ0v) is 10.6. The summed E-state index contributed by atoms with van der Waals surface area (Å²) in [4.78, 5) is 0. The Hall–Kier alpha value is -0.0400. The topological polar surface area (TPSA) is 12.0 Å². The molecule has 1 atom stereocenters. The Labute approximate surface area is 89.7 Å². The fourth-order valence-electron chi connectivity index (χ4n) is 2.24. The summed E-state index contributed by atoms with van der Waals surface area (Å²) in [6.07, 6.45) is 4.40. The third kappa shape index (κ3) is 3.61. The minimum absolute atomic E-state index is 0.275. The lowest BCUT2D eigenvalue weighted by Gasteiger charge is -2.38. The molecule has 14 heavy (non-hydrogen) atoms. The predicted molar refractivity (Wildman–Crippen MR) is 63.4 cm³/mol. The highest BCUT2D eigenvalue weighted by molar-refractivity contribution is 4.83. The second-order valence-electron chi connectivity index (χ2n) is 6.23. The lowest BCUT2D eigenvalue weighted by molar-refractivity contribution is 0.148. The van der Waals surface area contributed by atoms with Crippen molar-refractivity contribution < 1.29 is 0 Å². The van der Waals surface area contributed by atoms with Crippen LogP contribution in [0.4, 0.5) is 0 Å². The Morgan fingerprint density at radius 1 is 1.21 bits per heavy atom. The molecule has 0 saturated heterocycles. The van der Waals surface area contributed by atoms with Gasteiger partial charge in [-0.2, -0.15) is 0 Å². The van der Waals surface area contributed by atoms with Gasteiger partial charge >= 0.3 is 0 Å². The summed E-state index contributed by atoms with van der Waals surface area (Å²) < 4.78 is 0. The molecule has 0 aromatic heterocycles. The van der Waals surface area contributed by atoms with E-state index < -0.39 is 0 Å². The first-order valence-electron chi connectivity index (χ1n) is 6.15. The Morgan fingerprint density at radius 2 is 1.79 bits per heavy atom. The zero-order valence-electron chi connectivity index (χ0n) is 10.6. The second-order valence-corrected chi connectivity index (χ2v) is 6.23. The molecule has 1 aliphatic carbocycles. The molecule has 0 aromatic carbocycles. The molecule has 0 heterocycles. The van der Waals surface area contributed by atoms with Gasteiger partial charge in [0.1, 0.15) is 0 Å². The van der Waals surface area contributed by atoms with Crippen LogP contribution in [0.3, 0.4) is 0 Å². The van der Waals surface area contributed by atoms with Crippen molar-refractivity contribution in [3.8, 4) is 0 Å². The highest BCUT2D eigenvalue weighted by Gasteiger charge is 2.29. The highest BCUT2D eigenvalue weighted by Crippen LogP contribution is 2.36. The summed E-state index contributed by atoms with van der Waals surface area (Å²) in [7, 11) is 0. The van der Waals surface area contributed by atoms with Gasteiger partial charge in [-0.1, -0.05) is 33.1 Å². The van der Waals surface area contributed by atoms with Crippen LogP contribution in [0.15, 0.2) is 0 Å². The molecule has 0 bridgehead atoms. The van der Waals surface area contributed by atoms with Crippen molar-refractivity contribution >= 4 is 0 Å². The summed E-state index contributed by atoms with van der Waals surface area (Å²) >= 11 is 0. The first kappa shape index (κ1) is 12.0. The minimum Gasteiger partial charge on any atom is -0.312 e. The summed E-state index contributed by atoms with van der Waals surface area (Å²) in [6, 6.07) is 0. The van der Waals surface area contributed by atoms with Gasteiger partial charge < -0.3 is 5.32 Å². The maximum absolute atomic E-state index is 3.65. The molecule has 1 heteroatoms. The van der Waals surface area contributed by atoms with Gasteiger partial charge in [-0.15, -0.1) is 0 Å². The van der Waals surface area contributed by atoms with E-state index in [9.17, 15) is 0 Å². The number of rotatable bonds is 4. The number of nitrogens with one attached hydrogen (secondary N) is 1. The molecule has 1 rings (SSSR count). The van der Waals surface area contributed by atoms with E-state index in [4.69, 9.17) is 0 Å². The van der Waals surface area contributed by atoms with E-state index in [1.165, 1.54) is 25.8 Å². The number of hydrogen-bond acceptors (Lipinski definition) is 1. The smallest absolute Gasteiger partial charge is 0.00966 e. The van der Waals surface area contributed by atoms with Crippen molar-refractivity contribution in [2.75, 3.05) is 6.54 Å². The summed E-state index contributed by atoms with van der Waals surface area (Å²) in [5, 5.41) is 3.65. The first-order chi connectivity index (χ1) is 6.40.